The molecular weight excluding hydrogens is 358 g/mol. The fourth-order valence-corrected chi connectivity index (χ4v) is 3.06. The molecule has 0 aliphatic carbocycles. The molecule has 0 aliphatic rings. The molecule has 0 amide bonds. The average molecular weight is 380 g/mol. The van der Waals surface area contributed by atoms with Gasteiger partial charge in [-0.1, -0.05) is 26.0 Å². The summed E-state index contributed by atoms with van der Waals surface area (Å²) in [6.45, 7) is 3.66. The van der Waals surface area contributed by atoms with Gasteiger partial charge >= 0.3 is 5.97 Å². The topological polar surface area (TPSA) is 35.5 Å². The highest BCUT2D eigenvalue weighted by molar-refractivity contribution is 7.98. The van der Waals surface area contributed by atoms with Crippen molar-refractivity contribution in [2.24, 2.45) is 0 Å². The van der Waals surface area contributed by atoms with Crippen molar-refractivity contribution in [2.45, 2.75) is 44.6 Å². The summed E-state index contributed by atoms with van der Waals surface area (Å²) >= 11 is 1.48. The Hall–Kier alpha value is -2.08. The van der Waals surface area contributed by atoms with Crippen molar-refractivity contribution in [3.8, 4) is 11.5 Å². The van der Waals surface area contributed by atoms with Crippen LogP contribution in [0.3, 0.4) is 0 Å². The van der Waals surface area contributed by atoms with E-state index in [1.807, 2.05) is 19.2 Å². The molecule has 0 spiro atoms. The summed E-state index contributed by atoms with van der Waals surface area (Å²) in [7, 11) is 0. The quantitative estimate of drug-likeness (QED) is 0.329. The molecule has 0 atom stereocenters. The minimum absolute atomic E-state index is 0.0362. The third kappa shape index (κ3) is 4.97. The maximum Gasteiger partial charge on any atom is 0.310 e. The maximum atomic E-state index is 13.4. The number of carbonyl (C=O) groups is 1. The molecule has 0 N–H and O–H groups in total. The van der Waals surface area contributed by atoms with Crippen LogP contribution in [0, 0.1) is 0 Å². The van der Waals surface area contributed by atoms with Crippen LogP contribution in [-0.4, -0.2) is 12.2 Å². The second kappa shape index (κ2) is 9.57. The molecule has 140 valence electrons. The van der Waals surface area contributed by atoms with Crippen LogP contribution in [0.1, 0.15) is 43.4 Å². The summed E-state index contributed by atoms with van der Waals surface area (Å²) in [5.74, 6) is 0.179. The molecule has 2 rings (SSSR count). The summed E-state index contributed by atoms with van der Waals surface area (Å²) in [5.41, 5.74) is 1.37. The van der Waals surface area contributed by atoms with Gasteiger partial charge in [0.15, 0.2) is 0 Å². The molecule has 0 saturated heterocycles. The number of esters is 1. The first kappa shape index (κ1) is 20.2. The number of alkyl halides is 2. The average Bonchev–Trinajstić information content (AvgIpc) is 2.66. The van der Waals surface area contributed by atoms with Crippen molar-refractivity contribution >= 4 is 17.7 Å². The Kier molecular flexibility index (Phi) is 7.45. The van der Waals surface area contributed by atoms with Crippen molar-refractivity contribution < 1.29 is 23.0 Å². The van der Waals surface area contributed by atoms with Crippen LogP contribution in [0.2, 0.25) is 0 Å². The summed E-state index contributed by atoms with van der Waals surface area (Å²) in [4.78, 5) is 12.5. The zero-order valence-corrected chi connectivity index (χ0v) is 15.9. The predicted octanol–water partition coefficient (Wildman–Crippen LogP) is 5.80. The molecule has 0 radical (unpaired) electrons. The SMILES string of the molecule is CCC(=O)Oc1cccc(SC)c1COc1ccc(CC)cc1C(F)F. The van der Waals surface area contributed by atoms with E-state index in [1.165, 1.54) is 17.8 Å². The Morgan fingerprint density at radius 2 is 1.92 bits per heavy atom. The lowest BCUT2D eigenvalue weighted by Crippen LogP contribution is -2.09. The van der Waals surface area contributed by atoms with Crippen LogP contribution >= 0.6 is 11.8 Å². The van der Waals surface area contributed by atoms with E-state index in [9.17, 15) is 13.6 Å². The summed E-state index contributed by atoms with van der Waals surface area (Å²) < 4.78 is 37.8. The molecule has 0 fully saturated rings. The van der Waals surface area contributed by atoms with Gasteiger partial charge in [0.2, 0.25) is 0 Å². The zero-order valence-electron chi connectivity index (χ0n) is 15.1. The van der Waals surface area contributed by atoms with E-state index in [4.69, 9.17) is 9.47 Å². The van der Waals surface area contributed by atoms with Gasteiger partial charge in [-0.05, 0) is 42.5 Å². The highest BCUT2D eigenvalue weighted by atomic mass is 32.2. The highest BCUT2D eigenvalue weighted by Crippen LogP contribution is 2.34. The van der Waals surface area contributed by atoms with Gasteiger partial charge in [0, 0.05) is 16.9 Å². The summed E-state index contributed by atoms with van der Waals surface area (Å²) in [5, 5.41) is 0. The molecule has 2 aromatic carbocycles. The van der Waals surface area contributed by atoms with E-state index in [2.05, 4.69) is 0 Å². The molecule has 0 bridgehead atoms. The number of aryl methyl sites for hydroxylation is 1. The van der Waals surface area contributed by atoms with Crippen molar-refractivity contribution in [2.75, 3.05) is 6.26 Å². The number of hydrogen-bond donors (Lipinski definition) is 0. The van der Waals surface area contributed by atoms with E-state index in [0.717, 1.165) is 10.5 Å². The second-order valence-corrected chi connectivity index (χ2v) is 6.43. The van der Waals surface area contributed by atoms with Gasteiger partial charge in [-0.3, -0.25) is 4.79 Å². The number of benzene rings is 2. The van der Waals surface area contributed by atoms with E-state index in [1.54, 1.807) is 31.2 Å². The normalized spacial score (nSPS) is 10.8. The predicted molar refractivity (Wildman–Crippen MR) is 99.3 cm³/mol. The standard InChI is InChI=1S/C20H22F2O3S/c1-4-13-9-10-16(14(11-13)20(21)22)24-12-15-17(25-19(23)5-2)7-6-8-18(15)26-3/h6-11,20H,4-5,12H2,1-3H3. The molecule has 26 heavy (non-hydrogen) atoms. The molecule has 3 nitrogen and oxygen atoms in total. The van der Waals surface area contributed by atoms with Crippen LogP contribution in [0.25, 0.3) is 0 Å². The van der Waals surface area contributed by atoms with Gasteiger partial charge < -0.3 is 9.47 Å². The van der Waals surface area contributed by atoms with Crippen LogP contribution in [-0.2, 0) is 17.8 Å². The number of thioether (sulfide) groups is 1. The molecule has 0 unspecified atom stereocenters. The summed E-state index contributed by atoms with van der Waals surface area (Å²) in [6, 6.07) is 10.2. The van der Waals surface area contributed by atoms with Gasteiger partial charge in [0.25, 0.3) is 6.43 Å². The van der Waals surface area contributed by atoms with Gasteiger partial charge in [0.05, 0.1) is 5.56 Å². The van der Waals surface area contributed by atoms with Crippen molar-refractivity contribution in [1.29, 1.82) is 0 Å². The fourth-order valence-electron chi connectivity index (χ4n) is 2.44. The first-order valence-electron chi connectivity index (χ1n) is 8.40. The van der Waals surface area contributed by atoms with Crippen LogP contribution in [0.15, 0.2) is 41.3 Å². The number of carbonyl (C=O) groups excluding carboxylic acids is 1. The maximum absolute atomic E-state index is 13.4. The minimum atomic E-state index is -2.62. The number of hydrogen-bond acceptors (Lipinski definition) is 4. The molecular formula is C20H22F2O3S. The second-order valence-electron chi connectivity index (χ2n) is 5.58. The molecule has 0 saturated carbocycles. The van der Waals surface area contributed by atoms with Gasteiger partial charge in [-0.2, -0.15) is 0 Å². The lowest BCUT2D eigenvalue weighted by Gasteiger charge is -2.16. The molecule has 0 aromatic heterocycles. The van der Waals surface area contributed by atoms with E-state index < -0.39 is 6.43 Å². The van der Waals surface area contributed by atoms with Gasteiger partial charge in [0.1, 0.15) is 18.1 Å². The lowest BCUT2D eigenvalue weighted by molar-refractivity contribution is -0.134. The Bertz CT molecular complexity index is 763. The number of rotatable bonds is 8. The van der Waals surface area contributed by atoms with Crippen molar-refractivity contribution in [3.63, 3.8) is 0 Å². The fraction of sp³-hybridized carbons (Fsp3) is 0.350. The van der Waals surface area contributed by atoms with Gasteiger partial charge in [-0.15, -0.1) is 11.8 Å². The molecule has 0 aliphatic heterocycles. The monoisotopic (exact) mass is 380 g/mol. The molecule has 6 heteroatoms. The van der Waals surface area contributed by atoms with E-state index in [-0.39, 0.29) is 30.3 Å². The Balaban J connectivity index is 2.30. The largest absolute Gasteiger partial charge is 0.488 e. The first-order chi connectivity index (χ1) is 12.5. The van der Waals surface area contributed by atoms with Crippen LogP contribution in [0.5, 0.6) is 11.5 Å². The Morgan fingerprint density at radius 1 is 1.15 bits per heavy atom. The third-order valence-corrected chi connectivity index (χ3v) is 4.73. The van der Waals surface area contributed by atoms with Crippen molar-refractivity contribution in [3.05, 3.63) is 53.1 Å². The van der Waals surface area contributed by atoms with E-state index in [0.29, 0.717) is 17.7 Å². The zero-order chi connectivity index (χ0) is 19.1. The van der Waals surface area contributed by atoms with Crippen molar-refractivity contribution in [1.82, 2.24) is 0 Å². The summed E-state index contributed by atoms with van der Waals surface area (Å²) in [6.07, 6.45) is 0.194. The Morgan fingerprint density at radius 3 is 2.54 bits per heavy atom. The lowest BCUT2D eigenvalue weighted by atomic mass is 10.1. The number of halogens is 2. The van der Waals surface area contributed by atoms with Crippen LogP contribution < -0.4 is 9.47 Å². The van der Waals surface area contributed by atoms with Crippen LogP contribution in [0.4, 0.5) is 8.78 Å². The molecule has 2 aromatic rings. The number of ether oxygens (including phenoxy) is 2. The van der Waals surface area contributed by atoms with Gasteiger partial charge in [-0.25, -0.2) is 8.78 Å². The Labute approximate surface area is 156 Å². The smallest absolute Gasteiger partial charge is 0.310 e. The molecule has 0 heterocycles. The first-order valence-corrected chi connectivity index (χ1v) is 9.62. The minimum Gasteiger partial charge on any atom is -0.488 e. The highest BCUT2D eigenvalue weighted by Gasteiger charge is 2.17. The third-order valence-electron chi connectivity index (χ3n) is 3.91. The van der Waals surface area contributed by atoms with E-state index >= 15 is 0 Å².